The number of halogens is 1. The van der Waals surface area contributed by atoms with E-state index < -0.39 is 0 Å². The molecule has 0 amide bonds. The summed E-state index contributed by atoms with van der Waals surface area (Å²) in [6.07, 6.45) is 0.959. The molecule has 0 aromatic carbocycles. The molecule has 0 rings (SSSR count). The van der Waals surface area contributed by atoms with Gasteiger partial charge in [0.2, 0.25) is 0 Å². The second-order valence-electron chi connectivity index (χ2n) is 0.563. The molecule has 0 radical (unpaired) electrons. The Hall–Kier alpha value is 0.795. The lowest BCUT2D eigenvalue weighted by Gasteiger charge is -1.61. The van der Waals surface area contributed by atoms with Gasteiger partial charge in [-0.15, -0.1) is 0 Å². The molecule has 0 aliphatic carbocycles. The average molecular weight is 169 g/mol. The first-order chi connectivity index (χ1) is 2.27. The van der Waals surface area contributed by atoms with Crippen molar-refractivity contribution in [3.8, 4) is 0 Å². The van der Waals surface area contributed by atoms with Crippen molar-refractivity contribution in [2.45, 2.75) is 13.2 Å². The average Bonchev–Trinajstić information content (AvgIpc) is 1.38. The molecule has 24 valence electrons. The van der Waals surface area contributed by atoms with E-state index in [9.17, 15) is 0 Å². The zero-order valence-corrected chi connectivity index (χ0v) is 4.82. The highest BCUT2D eigenvalue weighted by Crippen LogP contribution is 1.78. The van der Waals surface area contributed by atoms with Crippen LogP contribution in [0.25, 0.3) is 0 Å². The van der Waals surface area contributed by atoms with E-state index >= 15 is 0 Å². The van der Waals surface area contributed by atoms with Crippen molar-refractivity contribution in [1.82, 2.24) is 0 Å². The van der Waals surface area contributed by atoms with Crippen molar-refractivity contribution >= 4 is 27.5 Å². The first-order valence-corrected chi connectivity index (χ1v) is 2.58. The summed E-state index contributed by atoms with van der Waals surface area (Å²) in [5, 5.41) is 0.104. The van der Waals surface area contributed by atoms with Crippen LogP contribution in [0, 0.1) is 0 Å². The van der Waals surface area contributed by atoms with Gasteiger partial charge in [0.1, 0.15) is 0 Å². The predicted octanol–water partition coefficient (Wildman–Crippen LogP) is 1.21. The Labute approximate surface area is 42.4 Å². The van der Waals surface area contributed by atoms with Crippen LogP contribution in [0.4, 0.5) is 0 Å². The maximum Gasteiger partial charge on any atom is 0.199 e. The third-order valence-corrected chi connectivity index (χ3v) is 1.04. The summed E-state index contributed by atoms with van der Waals surface area (Å²) in [4.78, 5) is 0. The van der Waals surface area contributed by atoms with Crippen molar-refractivity contribution < 1.29 is 0 Å². The summed E-state index contributed by atoms with van der Waals surface area (Å²) in [5.41, 5.74) is 0. The molecule has 0 atom stereocenters. The van der Waals surface area contributed by atoms with E-state index in [1.54, 1.807) is 0 Å². The number of hydrogen-bond acceptors (Lipinski definition) is 0. The van der Waals surface area contributed by atoms with Gasteiger partial charge in [0.05, 0.1) is 0 Å². The molecule has 4 heavy (non-hydrogen) atoms. The van der Waals surface area contributed by atoms with Crippen molar-refractivity contribution in [3.63, 3.8) is 0 Å². The summed E-state index contributed by atoms with van der Waals surface area (Å²) in [6, 6.07) is 0. The lowest BCUT2D eigenvalue weighted by Crippen LogP contribution is -1.59. The maximum absolute atomic E-state index is 6.81. The Kier molecular flexibility index (Phi) is 2.85. The third-order valence-electron chi connectivity index (χ3n) is 0.154. The summed E-state index contributed by atoms with van der Waals surface area (Å²) in [6.45, 7) is 2.00. The van der Waals surface area contributed by atoms with Gasteiger partial charge in [-0.1, -0.05) is 13.2 Å². The Morgan fingerprint density at radius 3 is 2.75 bits per heavy atom. The van der Waals surface area contributed by atoms with Gasteiger partial charge in [0, 0.05) is 0 Å². The topological polar surface area (TPSA) is 0 Å². The summed E-state index contributed by atoms with van der Waals surface area (Å²) in [7, 11) is 0. The lowest BCUT2D eigenvalue weighted by molar-refractivity contribution is 1.48. The Morgan fingerprint density at radius 1 is 2.50 bits per heavy atom. The SMILES string of the molecule is [2H]B(I)CC. The highest BCUT2D eigenvalue weighted by Gasteiger charge is 1.64. The largest absolute Gasteiger partial charge is 0.199 e. The first-order valence-electron chi connectivity index (χ1n) is 1.91. The van der Waals surface area contributed by atoms with E-state index in [-0.39, 0.29) is 5.10 Å². The smallest absolute Gasteiger partial charge is 0.155 e. The molecule has 0 aromatic rings. The van der Waals surface area contributed by atoms with Gasteiger partial charge in [0.15, 0.2) is 5.10 Å². The minimum absolute atomic E-state index is 0.104. The van der Waals surface area contributed by atoms with Gasteiger partial charge < -0.3 is 0 Å². The van der Waals surface area contributed by atoms with Gasteiger partial charge in [-0.25, -0.2) is 0 Å². The van der Waals surface area contributed by atoms with Gasteiger partial charge in [-0.3, -0.25) is 0 Å². The zero-order chi connectivity index (χ0) is 4.28. The van der Waals surface area contributed by atoms with E-state index in [1.807, 2.05) is 6.92 Å². The van der Waals surface area contributed by atoms with Gasteiger partial charge >= 0.3 is 0 Å². The molecule has 0 bridgehead atoms. The van der Waals surface area contributed by atoms with Crippen LogP contribution in [0.1, 0.15) is 6.92 Å². The minimum Gasteiger partial charge on any atom is -0.155 e. The van der Waals surface area contributed by atoms with Crippen LogP contribution >= 0.6 is 22.4 Å². The Bertz CT molecular complexity index is 23.6. The van der Waals surface area contributed by atoms with Crippen LogP contribution in [-0.2, 0) is 0 Å². The fraction of sp³-hybridized carbons (Fsp3) is 1.00. The molecule has 0 N–H and O–H groups in total. The maximum atomic E-state index is 6.81. The number of rotatable bonds is 1. The number of hydrogen-bond donors (Lipinski definition) is 0. The highest BCUT2D eigenvalue weighted by atomic mass is 127. The van der Waals surface area contributed by atoms with Crippen LogP contribution < -0.4 is 0 Å². The quantitative estimate of drug-likeness (QED) is 0.408. The van der Waals surface area contributed by atoms with Gasteiger partial charge in [-0.05, 0) is 1.34 Å². The second kappa shape index (κ2) is 3.79. The van der Waals surface area contributed by atoms with Crippen LogP contribution in [0.15, 0.2) is 0 Å². The molecule has 0 aliphatic rings. The molecular formula is C2H6BI. The Balaban J connectivity index is 2.54. The van der Waals surface area contributed by atoms with E-state index in [1.165, 1.54) is 0 Å². The fourth-order valence-corrected chi connectivity index (χ4v) is 0. The standard InChI is InChI=1S/C2H6BI/c1-2-3-4/h3H,2H2,1H3/i3D. The van der Waals surface area contributed by atoms with Crippen LogP contribution in [-0.4, -0.2) is 6.44 Å². The van der Waals surface area contributed by atoms with Crippen molar-refractivity contribution in [2.75, 3.05) is 0 Å². The molecule has 0 saturated carbocycles. The van der Waals surface area contributed by atoms with E-state index in [0.29, 0.717) is 0 Å². The predicted molar refractivity (Wildman–Crippen MR) is 31.6 cm³/mol. The van der Waals surface area contributed by atoms with Crippen LogP contribution in [0.3, 0.4) is 0 Å². The molecule has 0 aromatic heterocycles. The zero-order valence-electron chi connectivity index (χ0n) is 3.66. The molecule has 0 fully saturated rings. The van der Waals surface area contributed by atoms with E-state index in [2.05, 4.69) is 22.4 Å². The first kappa shape index (κ1) is 3.00. The molecule has 0 heterocycles. The molecule has 0 unspecified atom stereocenters. The minimum atomic E-state index is 0.104. The Morgan fingerprint density at radius 2 is 2.75 bits per heavy atom. The summed E-state index contributed by atoms with van der Waals surface area (Å²) < 4.78 is 6.81. The fourth-order valence-electron chi connectivity index (χ4n) is 0. The summed E-state index contributed by atoms with van der Waals surface area (Å²) in [5.74, 6) is 0. The molecule has 2 heteroatoms. The monoisotopic (exact) mass is 169 g/mol. The van der Waals surface area contributed by atoms with Gasteiger partial charge in [-0.2, -0.15) is 22.4 Å². The van der Waals surface area contributed by atoms with Crippen molar-refractivity contribution in [1.29, 1.82) is 1.34 Å². The van der Waals surface area contributed by atoms with Crippen LogP contribution in [0.2, 0.25) is 6.32 Å². The molecule has 0 nitrogen and oxygen atoms in total. The molecule has 0 saturated heterocycles. The van der Waals surface area contributed by atoms with Gasteiger partial charge in [0.25, 0.3) is 0 Å². The van der Waals surface area contributed by atoms with Crippen molar-refractivity contribution in [3.05, 3.63) is 0 Å². The molecular weight excluding hydrogens is 162 g/mol. The lowest BCUT2D eigenvalue weighted by atomic mass is 10.1. The normalized spacial score (nSPS) is 10.0. The van der Waals surface area contributed by atoms with E-state index in [4.69, 9.17) is 1.34 Å². The second-order valence-corrected chi connectivity index (χ2v) is 1.44. The van der Waals surface area contributed by atoms with Crippen LogP contribution in [0.5, 0.6) is 0 Å². The molecule has 0 aliphatic heterocycles. The van der Waals surface area contributed by atoms with E-state index in [0.717, 1.165) is 6.32 Å². The highest BCUT2D eigenvalue weighted by molar-refractivity contribution is 14.1. The third kappa shape index (κ3) is 2.79. The van der Waals surface area contributed by atoms with Crippen molar-refractivity contribution in [2.24, 2.45) is 0 Å². The summed E-state index contributed by atoms with van der Waals surface area (Å²) >= 11 is 2.07. The molecule has 0 spiro atoms.